The van der Waals surface area contributed by atoms with Gasteiger partial charge in [-0.1, -0.05) is 6.07 Å². The van der Waals surface area contributed by atoms with Gasteiger partial charge in [-0.25, -0.2) is 0 Å². The van der Waals surface area contributed by atoms with Crippen molar-refractivity contribution < 1.29 is 19.1 Å². The highest BCUT2D eigenvalue weighted by Crippen LogP contribution is 2.30. The summed E-state index contributed by atoms with van der Waals surface area (Å²) in [7, 11) is 3.32. The van der Waals surface area contributed by atoms with Crippen LogP contribution in [0.4, 0.5) is 0 Å². The highest BCUT2D eigenvalue weighted by molar-refractivity contribution is 6.02. The summed E-state index contributed by atoms with van der Waals surface area (Å²) in [6, 6.07) is 7.19. The van der Waals surface area contributed by atoms with Gasteiger partial charge in [0.2, 0.25) is 0 Å². The van der Waals surface area contributed by atoms with E-state index >= 15 is 0 Å². The largest absolute Gasteiger partial charge is 0.490 e. The molecule has 1 aliphatic rings. The number of carbonyl (C=O) groups is 2. The third-order valence-corrected chi connectivity index (χ3v) is 3.95. The van der Waals surface area contributed by atoms with Gasteiger partial charge in [-0.05, 0) is 50.5 Å². The number of hydrogen-bond donors (Lipinski definition) is 1. The van der Waals surface area contributed by atoms with Gasteiger partial charge in [0.25, 0.3) is 11.8 Å². The highest BCUT2D eigenvalue weighted by Gasteiger charge is 2.25. The molecule has 0 bridgehead atoms. The van der Waals surface area contributed by atoms with E-state index in [1.165, 1.54) is 11.0 Å². The van der Waals surface area contributed by atoms with Crippen molar-refractivity contribution in [3.63, 3.8) is 0 Å². The van der Waals surface area contributed by atoms with E-state index < -0.39 is 6.10 Å². The zero-order chi connectivity index (χ0) is 20.0. The molecular weight excluding hydrogens is 346 g/mol. The molecule has 0 unspecified atom stereocenters. The lowest BCUT2D eigenvalue weighted by Crippen LogP contribution is -2.35. The van der Waals surface area contributed by atoms with Crippen LogP contribution in [0.1, 0.15) is 32.3 Å². The van der Waals surface area contributed by atoms with E-state index in [1.807, 2.05) is 13.0 Å². The van der Waals surface area contributed by atoms with Crippen LogP contribution in [-0.2, 0) is 9.59 Å². The van der Waals surface area contributed by atoms with Crippen LogP contribution in [0.5, 0.6) is 11.5 Å². The number of nitriles is 1. The number of hydrogen-bond acceptors (Lipinski definition) is 5. The molecule has 1 aromatic rings. The van der Waals surface area contributed by atoms with Gasteiger partial charge in [-0.3, -0.25) is 9.59 Å². The van der Waals surface area contributed by atoms with Gasteiger partial charge in [-0.15, -0.1) is 0 Å². The van der Waals surface area contributed by atoms with E-state index in [9.17, 15) is 14.9 Å². The Kier molecular flexibility index (Phi) is 6.83. The average molecular weight is 371 g/mol. The van der Waals surface area contributed by atoms with Crippen molar-refractivity contribution in [3.05, 3.63) is 29.3 Å². The maximum Gasteiger partial charge on any atom is 0.262 e. The molecule has 1 atom stereocenters. The van der Waals surface area contributed by atoms with Crippen molar-refractivity contribution in [1.29, 1.82) is 5.26 Å². The SMILES string of the molecule is CCOc1cc(/C=C(\C#N)C(=O)NC2CC2)ccc1O[C@H](C)C(=O)N(C)C. The first-order valence-electron chi connectivity index (χ1n) is 8.93. The van der Waals surface area contributed by atoms with Crippen LogP contribution in [0.3, 0.4) is 0 Å². The molecule has 0 heterocycles. The highest BCUT2D eigenvalue weighted by atomic mass is 16.5. The minimum Gasteiger partial charge on any atom is -0.490 e. The minimum atomic E-state index is -0.667. The minimum absolute atomic E-state index is 0.0363. The topological polar surface area (TPSA) is 91.7 Å². The maximum atomic E-state index is 12.1. The molecule has 27 heavy (non-hydrogen) atoms. The van der Waals surface area contributed by atoms with Crippen molar-refractivity contribution in [2.24, 2.45) is 0 Å². The molecule has 2 amide bonds. The van der Waals surface area contributed by atoms with Gasteiger partial charge in [0.05, 0.1) is 6.61 Å². The second kappa shape index (κ2) is 9.08. The van der Waals surface area contributed by atoms with Crippen LogP contribution in [-0.4, -0.2) is 49.6 Å². The third-order valence-electron chi connectivity index (χ3n) is 3.95. The van der Waals surface area contributed by atoms with E-state index in [-0.39, 0.29) is 23.4 Å². The zero-order valence-corrected chi connectivity index (χ0v) is 16.1. The Labute approximate surface area is 159 Å². The molecule has 1 N–H and O–H groups in total. The molecule has 0 radical (unpaired) electrons. The predicted octanol–water partition coefficient (Wildman–Crippen LogP) is 2.13. The van der Waals surface area contributed by atoms with Gasteiger partial charge >= 0.3 is 0 Å². The number of likely N-dealkylation sites (N-methyl/N-ethyl adjacent to an activating group) is 1. The van der Waals surface area contributed by atoms with Gasteiger partial charge in [0.1, 0.15) is 11.6 Å². The Morgan fingerprint density at radius 3 is 2.63 bits per heavy atom. The van der Waals surface area contributed by atoms with Crippen molar-refractivity contribution >= 4 is 17.9 Å². The fourth-order valence-corrected chi connectivity index (χ4v) is 2.39. The first kappa shape index (κ1) is 20.3. The van der Waals surface area contributed by atoms with Crippen molar-refractivity contribution in [2.45, 2.75) is 38.8 Å². The van der Waals surface area contributed by atoms with Crippen LogP contribution in [0, 0.1) is 11.3 Å². The van der Waals surface area contributed by atoms with Gasteiger partial charge < -0.3 is 19.7 Å². The van der Waals surface area contributed by atoms with Crippen molar-refractivity contribution in [3.8, 4) is 17.6 Å². The molecule has 144 valence electrons. The summed E-state index contributed by atoms with van der Waals surface area (Å²) in [4.78, 5) is 25.6. The number of rotatable bonds is 8. The number of amides is 2. The Hall–Kier alpha value is -3.01. The standard InChI is InChI=1S/C20H25N3O4/c1-5-26-18-11-14(10-15(12-21)19(24)22-16-7-8-16)6-9-17(18)27-13(2)20(25)23(3)4/h6,9-11,13,16H,5,7-8H2,1-4H3,(H,22,24)/b15-10+/t13-/m1/s1. The maximum absolute atomic E-state index is 12.1. The Balaban J connectivity index is 2.22. The van der Waals surface area contributed by atoms with Crippen LogP contribution in [0.15, 0.2) is 23.8 Å². The number of nitrogens with one attached hydrogen (secondary N) is 1. The molecule has 7 nitrogen and oxygen atoms in total. The first-order valence-corrected chi connectivity index (χ1v) is 8.93. The normalized spacial score (nSPS) is 14.7. The Morgan fingerprint density at radius 1 is 1.37 bits per heavy atom. The van der Waals surface area contributed by atoms with Crippen LogP contribution in [0.2, 0.25) is 0 Å². The van der Waals surface area contributed by atoms with Gasteiger partial charge in [-0.2, -0.15) is 5.26 Å². The summed E-state index contributed by atoms with van der Waals surface area (Å²) >= 11 is 0. The fraction of sp³-hybridized carbons (Fsp3) is 0.450. The van der Waals surface area contributed by atoms with Crippen molar-refractivity contribution in [2.75, 3.05) is 20.7 Å². The predicted molar refractivity (Wildman–Crippen MR) is 101 cm³/mol. The Morgan fingerprint density at radius 2 is 2.07 bits per heavy atom. The number of benzene rings is 1. The summed E-state index contributed by atoms with van der Waals surface area (Å²) < 4.78 is 11.3. The summed E-state index contributed by atoms with van der Waals surface area (Å²) in [5.41, 5.74) is 0.675. The lowest BCUT2D eigenvalue weighted by molar-refractivity contribution is -0.135. The van der Waals surface area contributed by atoms with E-state index in [2.05, 4.69) is 5.32 Å². The summed E-state index contributed by atoms with van der Waals surface area (Å²) in [6.45, 7) is 3.92. The molecular formula is C20H25N3O4. The van der Waals surface area contributed by atoms with Gasteiger partial charge in [0.15, 0.2) is 17.6 Å². The summed E-state index contributed by atoms with van der Waals surface area (Å²) in [5, 5.41) is 12.1. The van der Waals surface area contributed by atoms with Crippen LogP contribution >= 0.6 is 0 Å². The third kappa shape index (κ3) is 5.74. The quantitative estimate of drug-likeness (QED) is 0.558. The van der Waals surface area contributed by atoms with E-state index in [0.717, 1.165) is 12.8 Å². The second-order valence-electron chi connectivity index (χ2n) is 6.55. The number of ether oxygens (including phenoxy) is 2. The number of nitrogens with zero attached hydrogens (tertiary/aromatic N) is 2. The average Bonchev–Trinajstić information content (AvgIpc) is 3.44. The monoisotopic (exact) mass is 371 g/mol. The lowest BCUT2D eigenvalue weighted by atomic mass is 10.1. The van der Waals surface area contributed by atoms with Crippen molar-refractivity contribution in [1.82, 2.24) is 10.2 Å². The molecule has 1 aromatic carbocycles. The summed E-state index contributed by atoms with van der Waals surface area (Å²) in [5.74, 6) is 0.343. The van der Waals surface area contributed by atoms with Crippen LogP contribution < -0.4 is 14.8 Å². The molecule has 0 saturated heterocycles. The van der Waals surface area contributed by atoms with Crippen LogP contribution in [0.25, 0.3) is 6.08 Å². The zero-order valence-electron chi connectivity index (χ0n) is 16.1. The molecule has 1 fully saturated rings. The smallest absolute Gasteiger partial charge is 0.262 e. The number of carbonyl (C=O) groups excluding carboxylic acids is 2. The lowest BCUT2D eigenvalue weighted by Gasteiger charge is -2.20. The second-order valence-corrected chi connectivity index (χ2v) is 6.55. The molecule has 0 aliphatic heterocycles. The first-order chi connectivity index (χ1) is 12.8. The molecule has 2 rings (SSSR count). The van der Waals surface area contributed by atoms with E-state index in [4.69, 9.17) is 9.47 Å². The fourth-order valence-electron chi connectivity index (χ4n) is 2.39. The Bertz CT molecular complexity index is 776. The molecule has 0 aromatic heterocycles. The molecule has 7 heteroatoms. The summed E-state index contributed by atoms with van der Waals surface area (Å²) in [6.07, 6.45) is 2.75. The molecule has 0 spiro atoms. The van der Waals surface area contributed by atoms with E-state index in [1.54, 1.807) is 39.2 Å². The molecule has 1 saturated carbocycles. The van der Waals surface area contributed by atoms with Gasteiger partial charge in [0, 0.05) is 20.1 Å². The van der Waals surface area contributed by atoms with E-state index in [0.29, 0.717) is 23.7 Å². The molecule has 1 aliphatic carbocycles.